The maximum absolute atomic E-state index is 11.7. The van der Waals surface area contributed by atoms with E-state index in [1.54, 1.807) is 6.92 Å². The molecule has 3 rings (SSSR count). The highest BCUT2D eigenvalue weighted by molar-refractivity contribution is 5.91. The van der Waals surface area contributed by atoms with Gasteiger partial charge in [-0.1, -0.05) is 18.2 Å². The fourth-order valence-corrected chi connectivity index (χ4v) is 3.00. The van der Waals surface area contributed by atoms with E-state index in [2.05, 4.69) is 18.2 Å². The Kier molecular flexibility index (Phi) is 1.79. The number of hydrogen-bond donors (Lipinski definition) is 0. The zero-order valence-corrected chi connectivity index (χ0v) is 9.18. The fraction of sp³-hybridized carbons (Fsp3) is 0.500. The third-order valence-electron chi connectivity index (χ3n) is 4.09. The molecule has 2 aliphatic rings. The largest absolute Gasteiger partial charge is 0.299 e. The minimum absolute atomic E-state index is 0.0737. The maximum atomic E-state index is 11.7. The molecule has 0 saturated heterocycles. The molecule has 1 nitrogen and oxygen atoms in total. The van der Waals surface area contributed by atoms with Gasteiger partial charge in [-0.05, 0) is 55.7 Å². The second-order valence-electron chi connectivity index (χ2n) is 4.94. The molecule has 1 heteroatoms. The summed E-state index contributed by atoms with van der Waals surface area (Å²) in [5.41, 5.74) is 4.26. The van der Waals surface area contributed by atoms with Crippen molar-refractivity contribution >= 4 is 5.78 Å². The predicted molar refractivity (Wildman–Crippen MR) is 60.1 cm³/mol. The molecule has 0 amide bonds. The summed E-state index contributed by atoms with van der Waals surface area (Å²) in [6.45, 7) is 1.75. The van der Waals surface area contributed by atoms with Crippen LogP contribution in [0.25, 0.3) is 0 Å². The van der Waals surface area contributed by atoms with Crippen LogP contribution >= 0.6 is 0 Å². The molecule has 0 radical (unpaired) electrons. The Labute approximate surface area is 90.5 Å². The van der Waals surface area contributed by atoms with Crippen LogP contribution in [0.4, 0.5) is 0 Å². The summed E-state index contributed by atoms with van der Waals surface area (Å²) in [7, 11) is 0. The Morgan fingerprint density at radius 1 is 1.27 bits per heavy atom. The molecular formula is C14H16O. The number of rotatable bonds is 2. The van der Waals surface area contributed by atoms with Gasteiger partial charge in [-0.25, -0.2) is 0 Å². The molecule has 78 valence electrons. The van der Waals surface area contributed by atoms with E-state index in [0.29, 0.717) is 5.78 Å². The normalized spacial score (nSPS) is 21.1. The first-order valence-corrected chi connectivity index (χ1v) is 5.86. The lowest BCUT2D eigenvalue weighted by molar-refractivity contribution is -0.119. The third kappa shape index (κ3) is 1.19. The van der Waals surface area contributed by atoms with Crippen molar-refractivity contribution in [1.29, 1.82) is 0 Å². The molecule has 0 bridgehead atoms. The Morgan fingerprint density at radius 2 is 2.07 bits per heavy atom. The molecule has 1 aromatic carbocycles. The Morgan fingerprint density at radius 3 is 2.73 bits per heavy atom. The van der Waals surface area contributed by atoms with Crippen LogP contribution in [0, 0.1) is 0 Å². The van der Waals surface area contributed by atoms with Gasteiger partial charge < -0.3 is 0 Å². The highest BCUT2D eigenvalue weighted by Gasteiger charge is 2.50. The number of benzene rings is 1. The average molecular weight is 200 g/mol. The van der Waals surface area contributed by atoms with E-state index in [4.69, 9.17) is 0 Å². The first-order valence-electron chi connectivity index (χ1n) is 5.86. The van der Waals surface area contributed by atoms with E-state index < -0.39 is 0 Å². The summed E-state index contributed by atoms with van der Waals surface area (Å²) in [6, 6.07) is 6.53. The number of carbonyl (C=O) groups excluding carboxylic acids is 1. The van der Waals surface area contributed by atoms with Crippen LogP contribution < -0.4 is 0 Å². The van der Waals surface area contributed by atoms with Crippen LogP contribution in [0.5, 0.6) is 0 Å². The predicted octanol–water partition coefficient (Wildman–Crippen LogP) is 2.80. The van der Waals surface area contributed by atoms with Crippen LogP contribution in [-0.2, 0) is 23.1 Å². The molecule has 1 fully saturated rings. The third-order valence-corrected chi connectivity index (χ3v) is 4.09. The number of fused-ring (bicyclic) bond motifs is 1. The van der Waals surface area contributed by atoms with Crippen molar-refractivity contribution in [2.45, 2.75) is 44.4 Å². The van der Waals surface area contributed by atoms with Crippen molar-refractivity contribution in [2.75, 3.05) is 0 Å². The van der Waals surface area contributed by atoms with Crippen LogP contribution in [0.15, 0.2) is 18.2 Å². The molecule has 0 N–H and O–H groups in total. The Balaban J connectivity index is 2.13. The van der Waals surface area contributed by atoms with Gasteiger partial charge in [-0.3, -0.25) is 4.79 Å². The first-order chi connectivity index (χ1) is 7.24. The van der Waals surface area contributed by atoms with E-state index >= 15 is 0 Å². The molecule has 15 heavy (non-hydrogen) atoms. The van der Waals surface area contributed by atoms with E-state index in [9.17, 15) is 4.79 Å². The monoisotopic (exact) mass is 200 g/mol. The number of Topliss-reactive ketones (excluding diaryl/α,β-unsaturated/α-hetero) is 1. The molecule has 0 spiro atoms. The maximum Gasteiger partial charge on any atom is 0.140 e. The van der Waals surface area contributed by atoms with Gasteiger partial charge in [0.2, 0.25) is 0 Å². The van der Waals surface area contributed by atoms with Crippen LogP contribution in [0.1, 0.15) is 42.9 Å². The number of ketones is 1. The van der Waals surface area contributed by atoms with Gasteiger partial charge in [-0.2, -0.15) is 0 Å². The summed E-state index contributed by atoms with van der Waals surface area (Å²) < 4.78 is 0. The van der Waals surface area contributed by atoms with Crippen molar-refractivity contribution in [3.8, 4) is 0 Å². The zero-order valence-electron chi connectivity index (χ0n) is 9.18. The Bertz CT molecular complexity index is 427. The quantitative estimate of drug-likeness (QED) is 0.717. The minimum Gasteiger partial charge on any atom is -0.299 e. The smallest absolute Gasteiger partial charge is 0.140 e. The summed E-state index contributed by atoms with van der Waals surface area (Å²) in [6.07, 6.45) is 5.79. The number of aryl methyl sites for hydroxylation is 1. The van der Waals surface area contributed by atoms with E-state index in [0.717, 1.165) is 12.8 Å². The molecule has 0 heterocycles. The SMILES string of the molecule is CC(=O)C1(c2cccc3c2CCC3)CC1. The van der Waals surface area contributed by atoms with E-state index in [1.807, 2.05) is 0 Å². The van der Waals surface area contributed by atoms with E-state index in [1.165, 1.54) is 36.0 Å². The lowest BCUT2D eigenvalue weighted by Gasteiger charge is -2.16. The van der Waals surface area contributed by atoms with Gasteiger partial charge in [0.25, 0.3) is 0 Å². The highest BCUT2D eigenvalue weighted by atomic mass is 16.1. The van der Waals surface area contributed by atoms with Gasteiger partial charge in [0.05, 0.1) is 5.41 Å². The van der Waals surface area contributed by atoms with Gasteiger partial charge in [0.15, 0.2) is 0 Å². The summed E-state index contributed by atoms with van der Waals surface area (Å²) in [4.78, 5) is 11.7. The summed E-state index contributed by atoms with van der Waals surface area (Å²) >= 11 is 0. The number of carbonyl (C=O) groups is 1. The molecule has 2 aliphatic carbocycles. The van der Waals surface area contributed by atoms with Crippen LogP contribution in [0.2, 0.25) is 0 Å². The molecule has 0 aliphatic heterocycles. The van der Waals surface area contributed by atoms with Gasteiger partial charge in [0, 0.05) is 0 Å². The molecule has 1 aromatic rings. The van der Waals surface area contributed by atoms with Gasteiger partial charge in [0.1, 0.15) is 5.78 Å². The van der Waals surface area contributed by atoms with Gasteiger partial charge >= 0.3 is 0 Å². The van der Waals surface area contributed by atoms with E-state index in [-0.39, 0.29) is 5.41 Å². The summed E-state index contributed by atoms with van der Waals surface area (Å²) in [5, 5.41) is 0. The first kappa shape index (κ1) is 9.14. The van der Waals surface area contributed by atoms with Crippen LogP contribution in [-0.4, -0.2) is 5.78 Å². The van der Waals surface area contributed by atoms with Gasteiger partial charge in [-0.15, -0.1) is 0 Å². The molecule has 0 unspecified atom stereocenters. The van der Waals surface area contributed by atoms with Crippen molar-refractivity contribution in [3.05, 3.63) is 34.9 Å². The second-order valence-corrected chi connectivity index (χ2v) is 4.94. The fourth-order valence-electron chi connectivity index (χ4n) is 3.00. The molecule has 0 aromatic heterocycles. The lowest BCUT2D eigenvalue weighted by atomic mass is 9.87. The average Bonchev–Trinajstić information content (AvgIpc) is 2.89. The topological polar surface area (TPSA) is 17.1 Å². The van der Waals surface area contributed by atoms with Crippen molar-refractivity contribution in [3.63, 3.8) is 0 Å². The molecule has 1 saturated carbocycles. The van der Waals surface area contributed by atoms with Crippen LogP contribution in [0.3, 0.4) is 0 Å². The zero-order chi connectivity index (χ0) is 10.5. The highest BCUT2D eigenvalue weighted by Crippen LogP contribution is 2.51. The second kappa shape index (κ2) is 2.94. The van der Waals surface area contributed by atoms with Crippen molar-refractivity contribution < 1.29 is 4.79 Å². The Hall–Kier alpha value is -1.11. The molecular weight excluding hydrogens is 184 g/mol. The van der Waals surface area contributed by atoms with Crippen molar-refractivity contribution in [2.24, 2.45) is 0 Å². The standard InChI is InChI=1S/C14H16O/c1-10(15)14(8-9-14)13-7-3-5-11-4-2-6-12(11)13/h3,5,7H,2,4,6,8-9H2,1H3. The number of hydrogen-bond acceptors (Lipinski definition) is 1. The summed E-state index contributed by atoms with van der Waals surface area (Å²) in [5.74, 6) is 0.364. The lowest BCUT2D eigenvalue weighted by Crippen LogP contribution is -2.18. The molecule has 0 atom stereocenters. The van der Waals surface area contributed by atoms with Crippen molar-refractivity contribution in [1.82, 2.24) is 0 Å². The minimum atomic E-state index is -0.0737.